The molecular formula is C30H35Cl2N3O5S. The number of nitrogens with zero attached hydrogens (tertiary/aromatic N) is 2. The molecular weight excluding hydrogens is 585 g/mol. The van der Waals surface area contributed by atoms with E-state index in [1.807, 2.05) is 13.8 Å². The zero-order valence-corrected chi connectivity index (χ0v) is 25.7. The van der Waals surface area contributed by atoms with E-state index in [9.17, 15) is 18.0 Å². The second kappa shape index (κ2) is 15.1. The van der Waals surface area contributed by atoms with Gasteiger partial charge in [0.1, 0.15) is 18.3 Å². The fraction of sp³-hybridized carbons (Fsp3) is 0.333. The Kier molecular flexibility index (Phi) is 11.9. The highest BCUT2D eigenvalue weighted by Crippen LogP contribution is 2.28. The third-order valence-corrected chi connectivity index (χ3v) is 8.96. The van der Waals surface area contributed by atoms with E-state index >= 15 is 0 Å². The van der Waals surface area contributed by atoms with Crippen molar-refractivity contribution in [2.24, 2.45) is 0 Å². The summed E-state index contributed by atoms with van der Waals surface area (Å²) >= 11 is 12.5. The van der Waals surface area contributed by atoms with Gasteiger partial charge in [0.15, 0.2) is 0 Å². The molecule has 3 aromatic carbocycles. The first-order valence-electron chi connectivity index (χ1n) is 13.3. The Morgan fingerprint density at radius 3 is 2.20 bits per heavy atom. The molecule has 0 unspecified atom stereocenters. The van der Waals surface area contributed by atoms with Crippen LogP contribution in [0.25, 0.3) is 0 Å². The van der Waals surface area contributed by atoms with Crippen LogP contribution >= 0.6 is 23.2 Å². The minimum atomic E-state index is -4.21. The summed E-state index contributed by atoms with van der Waals surface area (Å²) in [6.45, 7) is 3.77. The smallest absolute Gasteiger partial charge is 0.264 e. The minimum Gasteiger partial charge on any atom is -0.497 e. The van der Waals surface area contributed by atoms with Crippen molar-refractivity contribution in [2.45, 2.75) is 50.6 Å². The molecule has 0 aliphatic heterocycles. The number of unbranched alkanes of at least 4 members (excludes halogenated alkanes) is 1. The van der Waals surface area contributed by atoms with Crippen molar-refractivity contribution in [3.63, 3.8) is 0 Å². The molecule has 3 aromatic rings. The number of halogens is 2. The van der Waals surface area contributed by atoms with Gasteiger partial charge >= 0.3 is 0 Å². The van der Waals surface area contributed by atoms with Crippen molar-refractivity contribution < 1.29 is 22.7 Å². The maximum absolute atomic E-state index is 14.1. The van der Waals surface area contributed by atoms with Crippen molar-refractivity contribution in [1.82, 2.24) is 10.2 Å². The number of rotatable bonds is 14. The van der Waals surface area contributed by atoms with Gasteiger partial charge in [0, 0.05) is 23.1 Å². The third kappa shape index (κ3) is 8.38. The first kappa shape index (κ1) is 32.2. The molecule has 1 N–H and O–H groups in total. The summed E-state index contributed by atoms with van der Waals surface area (Å²) in [6, 6.07) is 18.3. The van der Waals surface area contributed by atoms with E-state index in [4.69, 9.17) is 27.9 Å². The Balaban J connectivity index is 2.04. The number of sulfonamides is 1. The van der Waals surface area contributed by atoms with E-state index in [2.05, 4.69) is 5.32 Å². The topological polar surface area (TPSA) is 96.0 Å². The molecule has 0 saturated heterocycles. The molecule has 0 fully saturated rings. The van der Waals surface area contributed by atoms with Crippen LogP contribution in [-0.4, -0.2) is 51.4 Å². The fourth-order valence-electron chi connectivity index (χ4n) is 4.25. The monoisotopic (exact) mass is 619 g/mol. The van der Waals surface area contributed by atoms with Crippen LogP contribution in [0.2, 0.25) is 10.0 Å². The molecule has 0 bridgehead atoms. The number of carbonyl (C=O) groups is 2. The number of nitrogens with one attached hydrogen (secondary N) is 1. The number of hydrogen-bond donors (Lipinski definition) is 1. The Labute approximate surface area is 252 Å². The van der Waals surface area contributed by atoms with Crippen LogP contribution in [0.3, 0.4) is 0 Å². The summed E-state index contributed by atoms with van der Waals surface area (Å²) in [6.07, 6.45) is 2.02. The molecule has 3 rings (SSSR count). The van der Waals surface area contributed by atoms with Gasteiger partial charge in [0.2, 0.25) is 11.8 Å². The largest absolute Gasteiger partial charge is 0.497 e. The second-order valence-corrected chi connectivity index (χ2v) is 12.1. The van der Waals surface area contributed by atoms with Crippen LogP contribution in [0.1, 0.15) is 38.7 Å². The summed E-state index contributed by atoms with van der Waals surface area (Å²) in [5.74, 6) is -0.379. The van der Waals surface area contributed by atoms with E-state index in [0.29, 0.717) is 34.3 Å². The van der Waals surface area contributed by atoms with E-state index in [1.165, 1.54) is 48.4 Å². The molecule has 8 nitrogen and oxygen atoms in total. The SMILES string of the molecule is CCCCNC(=O)[C@@H](CC)N(Cc1ccccc1Cl)C(=O)CN(c1ccc(Cl)cc1)S(=O)(=O)c1ccc(OC)cc1. The quantitative estimate of drug-likeness (QED) is 0.226. The molecule has 220 valence electrons. The van der Waals surface area contributed by atoms with E-state index in [-0.39, 0.29) is 23.0 Å². The number of amides is 2. The molecule has 41 heavy (non-hydrogen) atoms. The normalized spacial score (nSPS) is 11.9. The molecule has 0 aliphatic rings. The van der Waals surface area contributed by atoms with Gasteiger partial charge in [-0.3, -0.25) is 13.9 Å². The zero-order valence-electron chi connectivity index (χ0n) is 23.3. The highest BCUT2D eigenvalue weighted by atomic mass is 35.5. The van der Waals surface area contributed by atoms with Gasteiger partial charge in [0.25, 0.3) is 10.0 Å². The lowest BCUT2D eigenvalue weighted by Gasteiger charge is -2.33. The molecule has 2 amide bonds. The Bertz CT molecular complexity index is 1420. The first-order valence-corrected chi connectivity index (χ1v) is 15.5. The highest BCUT2D eigenvalue weighted by molar-refractivity contribution is 7.92. The fourth-order valence-corrected chi connectivity index (χ4v) is 5.98. The standard InChI is InChI=1S/C30H35Cl2N3O5S/c1-4-6-19-33-30(37)28(5-2)34(20-22-9-7-8-10-27(22)32)29(36)21-35(24-13-11-23(31)12-14-24)41(38,39)26-17-15-25(40-3)16-18-26/h7-18,28H,4-6,19-21H2,1-3H3,(H,33,37)/t28-/m1/s1. The lowest BCUT2D eigenvalue weighted by molar-refractivity contribution is -0.140. The summed E-state index contributed by atoms with van der Waals surface area (Å²) in [7, 11) is -2.73. The third-order valence-electron chi connectivity index (χ3n) is 6.55. The van der Waals surface area contributed by atoms with Crippen LogP contribution in [-0.2, 0) is 26.2 Å². The molecule has 0 saturated carbocycles. The van der Waals surface area contributed by atoms with Crippen molar-refractivity contribution in [3.05, 3.63) is 88.4 Å². The van der Waals surface area contributed by atoms with Gasteiger partial charge < -0.3 is 15.0 Å². The number of benzene rings is 3. The number of ether oxygens (including phenoxy) is 1. The van der Waals surface area contributed by atoms with Gasteiger partial charge in [-0.1, -0.05) is 61.7 Å². The van der Waals surface area contributed by atoms with Gasteiger partial charge in [-0.2, -0.15) is 0 Å². The number of hydrogen-bond acceptors (Lipinski definition) is 5. The maximum Gasteiger partial charge on any atom is 0.264 e. The summed E-state index contributed by atoms with van der Waals surface area (Å²) < 4.78 is 34.0. The van der Waals surface area contributed by atoms with Gasteiger partial charge in [-0.05, 0) is 73.0 Å². The van der Waals surface area contributed by atoms with Crippen molar-refractivity contribution in [3.8, 4) is 5.75 Å². The summed E-state index contributed by atoms with van der Waals surface area (Å²) in [5, 5.41) is 3.76. The van der Waals surface area contributed by atoms with Crippen molar-refractivity contribution in [2.75, 3.05) is 24.5 Å². The van der Waals surface area contributed by atoms with Gasteiger partial charge in [-0.25, -0.2) is 8.42 Å². The Hall–Kier alpha value is -3.27. The minimum absolute atomic E-state index is 0.0231. The lowest BCUT2D eigenvalue weighted by Crippen LogP contribution is -2.52. The second-order valence-electron chi connectivity index (χ2n) is 9.35. The average Bonchev–Trinajstić information content (AvgIpc) is 2.97. The molecule has 0 radical (unpaired) electrons. The van der Waals surface area contributed by atoms with Gasteiger partial charge in [-0.15, -0.1) is 0 Å². The molecule has 11 heteroatoms. The van der Waals surface area contributed by atoms with Crippen LogP contribution in [0.5, 0.6) is 5.75 Å². The predicted octanol–water partition coefficient (Wildman–Crippen LogP) is 5.92. The number of carbonyl (C=O) groups excluding carboxylic acids is 2. The number of methoxy groups -OCH3 is 1. The highest BCUT2D eigenvalue weighted by Gasteiger charge is 2.34. The van der Waals surface area contributed by atoms with Gasteiger partial charge in [0.05, 0.1) is 17.7 Å². The van der Waals surface area contributed by atoms with Crippen LogP contribution in [0.4, 0.5) is 5.69 Å². The Morgan fingerprint density at radius 2 is 1.61 bits per heavy atom. The predicted molar refractivity (Wildman–Crippen MR) is 163 cm³/mol. The molecule has 0 heterocycles. The average molecular weight is 621 g/mol. The summed E-state index contributed by atoms with van der Waals surface area (Å²) in [5.41, 5.74) is 0.884. The molecule has 0 spiro atoms. The van der Waals surface area contributed by atoms with Crippen molar-refractivity contribution in [1.29, 1.82) is 0 Å². The first-order chi connectivity index (χ1) is 19.6. The number of anilines is 1. The molecule has 0 aromatic heterocycles. The van der Waals surface area contributed by atoms with E-state index < -0.39 is 28.5 Å². The maximum atomic E-state index is 14.1. The Morgan fingerprint density at radius 1 is 0.951 bits per heavy atom. The van der Waals surface area contributed by atoms with Crippen molar-refractivity contribution >= 4 is 50.7 Å². The van der Waals surface area contributed by atoms with Crippen LogP contribution in [0.15, 0.2) is 77.7 Å². The van der Waals surface area contributed by atoms with Crippen LogP contribution in [0, 0.1) is 0 Å². The molecule has 1 atom stereocenters. The van der Waals surface area contributed by atoms with Crippen LogP contribution < -0.4 is 14.4 Å². The van der Waals surface area contributed by atoms with E-state index in [1.54, 1.807) is 36.4 Å². The molecule has 0 aliphatic carbocycles. The van der Waals surface area contributed by atoms with E-state index in [0.717, 1.165) is 17.1 Å². The zero-order chi connectivity index (χ0) is 30.0. The lowest BCUT2D eigenvalue weighted by atomic mass is 10.1. The summed E-state index contributed by atoms with van der Waals surface area (Å²) in [4.78, 5) is 28.7.